The van der Waals surface area contributed by atoms with E-state index in [0.717, 1.165) is 19.3 Å². The Balaban J connectivity index is 1.87. The highest BCUT2D eigenvalue weighted by molar-refractivity contribution is 5.92. The maximum Gasteiger partial charge on any atom is 0.341 e. The molecule has 0 saturated carbocycles. The molecule has 0 amide bonds. The van der Waals surface area contributed by atoms with Crippen molar-refractivity contribution in [1.82, 2.24) is 0 Å². The summed E-state index contributed by atoms with van der Waals surface area (Å²) in [5, 5.41) is 0. The fourth-order valence-corrected chi connectivity index (χ4v) is 6.84. The van der Waals surface area contributed by atoms with Gasteiger partial charge in [-0.2, -0.15) is 0 Å². The number of unbranched alkanes of at least 4 members (excludes halogenated alkanes) is 32. The molecule has 3 heteroatoms. The first-order chi connectivity index (χ1) is 23.8. The second-order valence-electron chi connectivity index (χ2n) is 14.8. The van der Waals surface area contributed by atoms with Crippen molar-refractivity contribution in [3.05, 3.63) is 29.8 Å². The Hall–Kier alpha value is -1.51. The number of para-hydroxylation sites is 1. The SMILES string of the molecule is CCCCCCCCCCCCCCCCCCCCCCCCCOC(=O)c1ccccc1OCCCCCCCCCCCCC. The maximum atomic E-state index is 12.7. The first-order valence-electron chi connectivity index (χ1n) is 21.7. The number of hydrogen-bond acceptors (Lipinski definition) is 3. The van der Waals surface area contributed by atoms with Crippen molar-refractivity contribution in [2.24, 2.45) is 0 Å². The van der Waals surface area contributed by atoms with Crippen LogP contribution in [0.15, 0.2) is 24.3 Å². The summed E-state index contributed by atoms with van der Waals surface area (Å²) in [6.45, 7) is 5.75. The number of carbonyl (C=O) groups is 1. The van der Waals surface area contributed by atoms with Crippen LogP contribution in [0.2, 0.25) is 0 Å². The zero-order valence-electron chi connectivity index (χ0n) is 32.5. The van der Waals surface area contributed by atoms with Crippen molar-refractivity contribution >= 4 is 5.97 Å². The molecule has 0 saturated heterocycles. The van der Waals surface area contributed by atoms with E-state index < -0.39 is 0 Å². The van der Waals surface area contributed by atoms with Crippen LogP contribution in [0.1, 0.15) is 243 Å². The van der Waals surface area contributed by atoms with E-state index in [1.165, 1.54) is 199 Å². The van der Waals surface area contributed by atoms with E-state index in [9.17, 15) is 4.79 Å². The van der Waals surface area contributed by atoms with Crippen molar-refractivity contribution in [1.29, 1.82) is 0 Å². The van der Waals surface area contributed by atoms with Gasteiger partial charge in [-0.25, -0.2) is 4.79 Å². The summed E-state index contributed by atoms with van der Waals surface area (Å²) >= 11 is 0. The molecule has 0 atom stereocenters. The van der Waals surface area contributed by atoms with Crippen LogP contribution in [0.4, 0.5) is 0 Å². The van der Waals surface area contributed by atoms with Gasteiger partial charge in [0, 0.05) is 0 Å². The fraction of sp³-hybridized carbons (Fsp3) is 0.844. The lowest BCUT2D eigenvalue weighted by Crippen LogP contribution is -2.09. The van der Waals surface area contributed by atoms with Crippen molar-refractivity contribution in [3.8, 4) is 5.75 Å². The number of rotatable bonds is 38. The molecule has 0 bridgehead atoms. The van der Waals surface area contributed by atoms with Gasteiger partial charge < -0.3 is 9.47 Å². The molecule has 0 unspecified atom stereocenters. The van der Waals surface area contributed by atoms with E-state index in [0.29, 0.717) is 24.5 Å². The Labute approximate surface area is 300 Å². The molecule has 48 heavy (non-hydrogen) atoms. The van der Waals surface area contributed by atoms with E-state index in [2.05, 4.69) is 13.8 Å². The van der Waals surface area contributed by atoms with Crippen molar-refractivity contribution < 1.29 is 14.3 Å². The maximum absolute atomic E-state index is 12.7. The van der Waals surface area contributed by atoms with Crippen LogP contribution in [-0.4, -0.2) is 19.2 Å². The van der Waals surface area contributed by atoms with Gasteiger partial charge in [0.15, 0.2) is 0 Å². The van der Waals surface area contributed by atoms with Crippen LogP contribution in [-0.2, 0) is 4.74 Å². The Kier molecular flexibility index (Phi) is 34.1. The Bertz CT molecular complexity index is 790. The molecule has 280 valence electrons. The molecule has 0 aromatic heterocycles. The Morgan fingerprint density at radius 1 is 0.396 bits per heavy atom. The minimum absolute atomic E-state index is 0.247. The first-order valence-corrected chi connectivity index (χ1v) is 21.7. The standard InChI is InChI=1S/C45H82O3/c1-3-5-7-9-11-13-15-16-17-18-19-20-21-22-23-24-25-26-28-30-32-34-38-42-48-45(46)43-39-35-36-40-44(43)47-41-37-33-31-29-27-14-12-10-8-6-4-2/h35-36,39-40H,3-34,37-38,41-42H2,1-2H3. The largest absolute Gasteiger partial charge is 0.493 e. The normalized spacial score (nSPS) is 11.3. The molecule has 0 fully saturated rings. The van der Waals surface area contributed by atoms with Gasteiger partial charge >= 0.3 is 5.97 Å². The van der Waals surface area contributed by atoms with E-state index >= 15 is 0 Å². The van der Waals surface area contributed by atoms with E-state index in [1.807, 2.05) is 24.3 Å². The molecule has 1 rings (SSSR count). The predicted octanol–water partition coefficient (Wildman–Crippen LogP) is 15.5. The summed E-state index contributed by atoms with van der Waals surface area (Å²) in [5.74, 6) is 0.419. The number of benzene rings is 1. The van der Waals surface area contributed by atoms with Gasteiger partial charge in [0.25, 0.3) is 0 Å². The van der Waals surface area contributed by atoms with Crippen molar-refractivity contribution in [3.63, 3.8) is 0 Å². The van der Waals surface area contributed by atoms with Crippen LogP contribution in [0, 0.1) is 0 Å². The smallest absolute Gasteiger partial charge is 0.341 e. The number of carbonyl (C=O) groups excluding carboxylic acids is 1. The summed E-state index contributed by atoms with van der Waals surface area (Å²) < 4.78 is 11.6. The zero-order valence-corrected chi connectivity index (χ0v) is 32.5. The molecule has 0 aliphatic rings. The lowest BCUT2D eigenvalue weighted by molar-refractivity contribution is 0.0493. The summed E-state index contributed by atoms with van der Waals surface area (Å²) in [5.41, 5.74) is 0.564. The minimum Gasteiger partial charge on any atom is -0.493 e. The molecule has 0 radical (unpaired) electrons. The molecular weight excluding hydrogens is 588 g/mol. The summed E-state index contributed by atoms with van der Waals surface area (Å²) in [6.07, 6.45) is 46.4. The molecule has 1 aromatic rings. The molecular formula is C45H82O3. The third-order valence-electron chi connectivity index (χ3n) is 10.1. The molecule has 0 spiro atoms. The van der Waals surface area contributed by atoms with E-state index in [-0.39, 0.29) is 5.97 Å². The highest BCUT2D eigenvalue weighted by Crippen LogP contribution is 2.21. The average molecular weight is 671 g/mol. The van der Waals surface area contributed by atoms with E-state index in [4.69, 9.17) is 9.47 Å². The zero-order chi connectivity index (χ0) is 34.4. The van der Waals surface area contributed by atoms with Crippen LogP contribution < -0.4 is 4.74 Å². The second kappa shape index (κ2) is 36.8. The average Bonchev–Trinajstić information content (AvgIpc) is 3.10. The minimum atomic E-state index is -0.247. The van der Waals surface area contributed by atoms with Gasteiger partial charge in [-0.1, -0.05) is 231 Å². The fourth-order valence-electron chi connectivity index (χ4n) is 6.84. The third kappa shape index (κ3) is 29.4. The van der Waals surface area contributed by atoms with Gasteiger partial charge in [-0.05, 0) is 25.0 Å². The molecule has 0 aliphatic carbocycles. The Morgan fingerprint density at radius 3 is 1.04 bits per heavy atom. The number of hydrogen-bond donors (Lipinski definition) is 0. The summed E-state index contributed by atoms with van der Waals surface area (Å²) in [4.78, 5) is 12.7. The van der Waals surface area contributed by atoms with Gasteiger partial charge in [-0.3, -0.25) is 0 Å². The van der Waals surface area contributed by atoms with Crippen LogP contribution >= 0.6 is 0 Å². The van der Waals surface area contributed by atoms with Crippen LogP contribution in [0.5, 0.6) is 5.75 Å². The van der Waals surface area contributed by atoms with Gasteiger partial charge in [-0.15, -0.1) is 0 Å². The third-order valence-corrected chi connectivity index (χ3v) is 10.1. The lowest BCUT2D eigenvalue weighted by atomic mass is 10.0. The van der Waals surface area contributed by atoms with Gasteiger partial charge in [0.2, 0.25) is 0 Å². The van der Waals surface area contributed by atoms with Crippen molar-refractivity contribution in [2.75, 3.05) is 13.2 Å². The van der Waals surface area contributed by atoms with Gasteiger partial charge in [0.05, 0.1) is 13.2 Å². The Morgan fingerprint density at radius 2 is 0.688 bits per heavy atom. The van der Waals surface area contributed by atoms with Crippen LogP contribution in [0.3, 0.4) is 0 Å². The van der Waals surface area contributed by atoms with Gasteiger partial charge in [0.1, 0.15) is 11.3 Å². The topological polar surface area (TPSA) is 35.5 Å². The lowest BCUT2D eigenvalue weighted by Gasteiger charge is -2.11. The summed E-state index contributed by atoms with van der Waals surface area (Å²) in [6, 6.07) is 7.56. The molecule has 1 aromatic carbocycles. The van der Waals surface area contributed by atoms with E-state index in [1.54, 1.807) is 0 Å². The summed E-state index contributed by atoms with van der Waals surface area (Å²) in [7, 11) is 0. The predicted molar refractivity (Wildman–Crippen MR) is 211 cm³/mol. The molecule has 0 N–H and O–H groups in total. The van der Waals surface area contributed by atoms with Crippen molar-refractivity contribution in [2.45, 2.75) is 232 Å². The quantitative estimate of drug-likeness (QED) is 0.0519. The number of ether oxygens (including phenoxy) is 2. The second-order valence-corrected chi connectivity index (χ2v) is 14.8. The highest BCUT2D eigenvalue weighted by Gasteiger charge is 2.13. The molecule has 0 heterocycles. The van der Waals surface area contributed by atoms with Crippen LogP contribution in [0.25, 0.3) is 0 Å². The molecule has 0 aliphatic heterocycles. The number of esters is 1. The monoisotopic (exact) mass is 671 g/mol. The first kappa shape index (κ1) is 44.5. The molecule has 3 nitrogen and oxygen atoms in total. The highest BCUT2D eigenvalue weighted by atomic mass is 16.5.